The van der Waals surface area contributed by atoms with Crippen LogP contribution in [0.1, 0.15) is 5.69 Å². The molecule has 1 N–H and O–H groups in total. The van der Waals surface area contributed by atoms with Gasteiger partial charge in [-0.15, -0.1) is 0 Å². The second-order valence-electron chi connectivity index (χ2n) is 5.36. The van der Waals surface area contributed by atoms with Crippen molar-refractivity contribution in [3.63, 3.8) is 0 Å². The number of aromatic nitrogens is 4. The normalized spacial score (nSPS) is 10.8. The smallest absolute Gasteiger partial charge is 0.282 e. The molecule has 0 aliphatic heterocycles. The lowest BCUT2D eigenvalue weighted by Crippen LogP contribution is -2.28. The van der Waals surface area contributed by atoms with Crippen molar-refractivity contribution < 1.29 is 9.53 Å². The van der Waals surface area contributed by atoms with Crippen molar-refractivity contribution in [1.82, 2.24) is 19.3 Å². The number of nitrogens with one attached hydrogen (secondary N) is 1. The van der Waals surface area contributed by atoms with Crippen LogP contribution in [0.4, 0.5) is 5.69 Å². The highest BCUT2D eigenvalue weighted by Gasteiger charge is 2.13. The van der Waals surface area contributed by atoms with Crippen LogP contribution in [-0.4, -0.2) is 32.3 Å². The van der Waals surface area contributed by atoms with Crippen molar-refractivity contribution in [2.24, 2.45) is 7.05 Å². The van der Waals surface area contributed by atoms with E-state index in [1.165, 1.54) is 10.9 Å². The van der Waals surface area contributed by atoms with Crippen molar-refractivity contribution in [2.45, 2.75) is 13.5 Å². The zero-order valence-corrected chi connectivity index (χ0v) is 13.6. The third kappa shape index (κ3) is 2.85. The van der Waals surface area contributed by atoms with E-state index in [-0.39, 0.29) is 23.5 Å². The lowest BCUT2D eigenvalue weighted by Gasteiger charge is -2.08. The zero-order valence-electron chi connectivity index (χ0n) is 13.6. The van der Waals surface area contributed by atoms with E-state index < -0.39 is 0 Å². The number of anilines is 1. The number of hydrogen-bond donors (Lipinski definition) is 1. The van der Waals surface area contributed by atoms with Gasteiger partial charge in [-0.2, -0.15) is 5.10 Å². The maximum Gasteiger partial charge on any atom is 0.282 e. The van der Waals surface area contributed by atoms with E-state index in [1.54, 1.807) is 43.1 Å². The van der Waals surface area contributed by atoms with Crippen molar-refractivity contribution in [3.05, 3.63) is 46.6 Å². The van der Waals surface area contributed by atoms with Crippen LogP contribution in [-0.2, 0) is 18.4 Å². The second-order valence-corrected chi connectivity index (χ2v) is 5.36. The minimum atomic E-state index is -0.343. The number of rotatable bonds is 4. The topological polar surface area (TPSA) is 91.0 Å². The lowest BCUT2D eigenvalue weighted by atomic mass is 10.3. The number of nitrogens with zero attached hydrogens (tertiary/aromatic N) is 4. The standard InChI is InChI=1S/C16H17N5O3/c1-10-14-15(19-20(10)2)16(23)21(9-17-14)8-13(22)18-11-5-4-6-12(7-11)24-3/h4-7,9H,8H2,1-3H3,(H,18,22). The highest BCUT2D eigenvalue weighted by Crippen LogP contribution is 2.16. The number of methoxy groups -OCH3 is 1. The molecule has 1 aromatic carbocycles. The van der Waals surface area contributed by atoms with E-state index in [4.69, 9.17) is 4.74 Å². The summed E-state index contributed by atoms with van der Waals surface area (Å²) in [6.45, 7) is 1.69. The Kier molecular flexibility index (Phi) is 4.03. The molecule has 0 spiro atoms. The van der Waals surface area contributed by atoms with Gasteiger partial charge in [0.1, 0.15) is 17.8 Å². The fourth-order valence-corrected chi connectivity index (χ4v) is 2.38. The summed E-state index contributed by atoms with van der Waals surface area (Å²) in [6, 6.07) is 6.99. The highest BCUT2D eigenvalue weighted by molar-refractivity contribution is 5.90. The first-order valence-electron chi connectivity index (χ1n) is 7.32. The molecule has 8 nitrogen and oxygen atoms in total. The number of carbonyl (C=O) groups is 1. The van der Waals surface area contributed by atoms with Crippen LogP contribution in [0.15, 0.2) is 35.4 Å². The molecule has 1 amide bonds. The summed E-state index contributed by atoms with van der Waals surface area (Å²) in [5.74, 6) is 0.302. The third-order valence-electron chi connectivity index (χ3n) is 3.76. The quantitative estimate of drug-likeness (QED) is 0.774. The minimum absolute atomic E-state index is 0.144. The molecule has 8 heteroatoms. The predicted octanol–water partition coefficient (Wildman–Crippen LogP) is 1.09. The first-order valence-corrected chi connectivity index (χ1v) is 7.32. The van der Waals surface area contributed by atoms with Gasteiger partial charge in [-0.05, 0) is 19.1 Å². The fourth-order valence-electron chi connectivity index (χ4n) is 2.38. The largest absolute Gasteiger partial charge is 0.497 e. The van der Waals surface area contributed by atoms with Crippen molar-refractivity contribution in [2.75, 3.05) is 12.4 Å². The summed E-state index contributed by atoms with van der Waals surface area (Å²) in [5.41, 5.74) is 1.85. The van der Waals surface area contributed by atoms with E-state index in [9.17, 15) is 9.59 Å². The Morgan fingerprint density at radius 1 is 1.33 bits per heavy atom. The number of aryl methyl sites for hydroxylation is 2. The molecule has 0 unspecified atom stereocenters. The van der Waals surface area contributed by atoms with Gasteiger partial charge >= 0.3 is 0 Å². The first kappa shape index (κ1) is 15.7. The van der Waals surface area contributed by atoms with Crippen LogP contribution in [0.3, 0.4) is 0 Å². The lowest BCUT2D eigenvalue weighted by molar-refractivity contribution is -0.116. The second kappa shape index (κ2) is 6.15. The minimum Gasteiger partial charge on any atom is -0.497 e. The molecule has 0 aliphatic carbocycles. The number of benzene rings is 1. The van der Waals surface area contributed by atoms with Gasteiger partial charge in [-0.1, -0.05) is 6.07 Å². The summed E-state index contributed by atoms with van der Waals surface area (Å²) in [5, 5.41) is 6.88. The van der Waals surface area contributed by atoms with Crippen LogP contribution in [0.25, 0.3) is 11.0 Å². The number of amides is 1. The number of ether oxygens (including phenoxy) is 1. The van der Waals surface area contributed by atoms with E-state index >= 15 is 0 Å². The van der Waals surface area contributed by atoms with Crippen LogP contribution in [0.5, 0.6) is 5.75 Å². The van der Waals surface area contributed by atoms with E-state index in [0.29, 0.717) is 17.0 Å². The number of fused-ring (bicyclic) bond motifs is 1. The molecule has 2 heterocycles. The number of carbonyl (C=O) groups excluding carboxylic acids is 1. The van der Waals surface area contributed by atoms with Crippen LogP contribution >= 0.6 is 0 Å². The van der Waals surface area contributed by atoms with E-state index in [0.717, 1.165) is 5.69 Å². The van der Waals surface area contributed by atoms with Crippen molar-refractivity contribution >= 4 is 22.6 Å². The first-order chi connectivity index (χ1) is 11.5. The fraction of sp³-hybridized carbons (Fsp3) is 0.250. The molecule has 0 bridgehead atoms. The molecule has 24 heavy (non-hydrogen) atoms. The Bertz CT molecular complexity index is 973. The average Bonchev–Trinajstić information content (AvgIpc) is 2.86. The van der Waals surface area contributed by atoms with Gasteiger partial charge in [-0.3, -0.25) is 18.8 Å². The molecule has 0 saturated carbocycles. The van der Waals surface area contributed by atoms with Crippen LogP contribution in [0, 0.1) is 6.92 Å². The third-order valence-corrected chi connectivity index (χ3v) is 3.76. The zero-order chi connectivity index (χ0) is 17.3. The van der Waals surface area contributed by atoms with Crippen LogP contribution < -0.4 is 15.6 Å². The Labute approximate surface area is 137 Å². The Morgan fingerprint density at radius 2 is 2.12 bits per heavy atom. The summed E-state index contributed by atoms with van der Waals surface area (Å²) in [4.78, 5) is 28.8. The maximum absolute atomic E-state index is 12.4. The average molecular weight is 327 g/mol. The Morgan fingerprint density at radius 3 is 2.88 bits per heavy atom. The molecule has 0 atom stereocenters. The van der Waals surface area contributed by atoms with Crippen molar-refractivity contribution in [1.29, 1.82) is 0 Å². The van der Waals surface area contributed by atoms with Gasteiger partial charge < -0.3 is 10.1 Å². The maximum atomic E-state index is 12.4. The predicted molar refractivity (Wildman–Crippen MR) is 89.1 cm³/mol. The summed E-state index contributed by atoms with van der Waals surface area (Å²) in [7, 11) is 3.30. The molecule has 0 fully saturated rings. The van der Waals surface area contributed by atoms with E-state index in [2.05, 4.69) is 15.4 Å². The van der Waals surface area contributed by atoms with Gasteiger partial charge in [0.2, 0.25) is 5.91 Å². The van der Waals surface area contributed by atoms with Gasteiger partial charge in [0.15, 0.2) is 5.52 Å². The summed E-state index contributed by atoms with van der Waals surface area (Å²) < 4.78 is 7.95. The van der Waals surface area contributed by atoms with E-state index in [1.807, 2.05) is 6.92 Å². The van der Waals surface area contributed by atoms with Crippen molar-refractivity contribution in [3.8, 4) is 5.75 Å². The monoisotopic (exact) mass is 327 g/mol. The molecule has 0 aliphatic rings. The molecule has 0 saturated heterocycles. The molecular weight excluding hydrogens is 310 g/mol. The SMILES string of the molecule is COc1cccc(NC(=O)Cn2cnc3c(C)n(C)nc3c2=O)c1. The Hall–Kier alpha value is -3.16. The molecule has 124 valence electrons. The number of hydrogen-bond acceptors (Lipinski definition) is 5. The molecule has 3 aromatic rings. The molecule has 2 aromatic heterocycles. The highest BCUT2D eigenvalue weighted by atomic mass is 16.5. The molecule has 3 rings (SSSR count). The Balaban J connectivity index is 1.83. The van der Waals surface area contributed by atoms with Gasteiger partial charge in [0.25, 0.3) is 5.56 Å². The summed E-state index contributed by atoms with van der Waals surface area (Å²) >= 11 is 0. The molecule has 0 radical (unpaired) electrons. The van der Waals surface area contributed by atoms with Crippen LogP contribution in [0.2, 0.25) is 0 Å². The van der Waals surface area contributed by atoms with Gasteiger partial charge in [-0.25, -0.2) is 4.98 Å². The van der Waals surface area contributed by atoms with Gasteiger partial charge in [0, 0.05) is 18.8 Å². The summed E-state index contributed by atoms with van der Waals surface area (Å²) in [6.07, 6.45) is 1.37. The van der Waals surface area contributed by atoms with Gasteiger partial charge in [0.05, 0.1) is 19.1 Å². The molecular formula is C16H17N5O3.